The molecule has 0 radical (unpaired) electrons. The summed E-state index contributed by atoms with van der Waals surface area (Å²) in [4.78, 5) is 20.9. The quantitative estimate of drug-likeness (QED) is 0.847. The lowest BCUT2D eigenvalue weighted by molar-refractivity contribution is -0.131. The molecule has 2 N–H and O–H groups in total. The van der Waals surface area contributed by atoms with Crippen LogP contribution in [0.2, 0.25) is 0 Å². The molecular weight excluding hydrogens is 381 g/mol. The van der Waals surface area contributed by atoms with Crippen LogP contribution in [0, 0.1) is 6.92 Å². The predicted molar refractivity (Wildman–Crippen MR) is 106 cm³/mol. The molecule has 1 fully saturated rings. The minimum atomic E-state index is -0.243. The highest BCUT2D eigenvalue weighted by Crippen LogP contribution is 2.20. The molecule has 25 heavy (non-hydrogen) atoms. The number of nitrogens with two attached hydrogens (primary N) is 1. The third-order valence-electron chi connectivity index (χ3n) is 4.04. The molecule has 1 atom stereocenters. The Balaban J connectivity index is 0.00000156. The third kappa shape index (κ3) is 5.54. The van der Waals surface area contributed by atoms with Gasteiger partial charge in [0.05, 0.1) is 0 Å². The van der Waals surface area contributed by atoms with Gasteiger partial charge in [0.1, 0.15) is 5.82 Å². The molecule has 2 heterocycles. The van der Waals surface area contributed by atoms with Crippen molar-refractivity contribution in [3.63, 3.8) is 0 Å². The lowest BCUT2D eigenvalue weighted by Gasteiger charge is -2.34. The molecule has 9 heteroatoms. The SMILES string of the molecule is Cc1nsc(N2CCN(C(=O)CC(N)c3ccccc3)CC2)n1.Cl.Cl. The number of aromatic nitrogens is 2. The Kier molecular flexibility index (Phi) is 8.58. The standard InChI is InChI=1S/C16H21N5OS.2ClH/c1-12-18-16(23-19-12)21-9-7-20(8-10-21)15(22)11-14(17)13-5-3-2-4-6-13;;/h2-6,14H,7-11,17H2,1H3;2*1H. The first-order chi connectivity index (χ1) is 11.1. The van der Waals surface area contributed by atoms with Crippen molar-refractivity contribution >= 4 is 47.4 Å². The van der Waals surface area contributed by atoms with Crippen molar-refractivity contribution in [2.45, 2.75) is 19.4 Å². The van der Waals surface area contributed by atoms with Crippen molar-refractivity contribution in [2.75, 3.05) is 31.1 Å². The Labute approximate surface area is 164 Å². The summed E-state index contributed by atoms with van der Waals surface area (Å²) in [6.07, 6.45) is 0.349. The number of carbonyl (C=O) groups excluding carboxylic acids is 1. The fourth-order valence-electron chi connectivity index (χ4n) is 2.70. The molecule has 0 spiro atoms. The first-order valence-corrected chi connectivity index (χ1v) is 8.54. The highest BCUT2D eigenvalue weighted by atomic mass is 35.5. The van der Waals surface area contributed by atoms with Gasteiger partial charge in [-0.05, 0) is 12.5 Å². The number of anilines is 1. The van der Waals surface area contributed by atoms with Crippen LogP contribution in [-0.2, 0) is 4.79 Å². The summed E-state index contributed by atoms with van der Waals surface area (Å²) in [5.41, 5.74) is 7.15. The van der Waals surface area contributed by atoms with Gasteiger partial charge >= 0.3 is 0 Å². The fraction of sp³-hybridized carbons (Fsp3) is 0.438. The molecule has 1 aliphatic rings. The summed E-state index contributed by atoms with van der Waals surface area (Å²) in [6.45, 7) is 4.89. The molecule has 1 unspecified atom stereocenters. The maximum Gasteiger partial charge on any atom is 0.224 e. The first kappa shape index (κ1) is 21.6. The van der Waals surface area contributed by atoms with Crippen LogP contribution in [0.15, 0.2) is 30.3 Å². The van der Waals surface area contributed by atoms with Crippen molar-refractivity contribution in [2.24, 2.45) is 5.73 Å². The lowest BCUT2D eigenvalue weighted by Crippen LogP contribution is -2.49. The number of amides is 1. The van der Waals surface area contributed by atoms with Gasteiger partial charge in [0.2, 0.25) is 11.0 Å². The van der Waals surface area contributed by atoms with E-state index in [1.165, 1.54) is 11.5 Å². The second-order valence-corrected chi connectivity index (χ2v) is 6.44. The minimum absolute atomic E-state index is 0. The molecule has 1 aromatic heterocycles. The number of carbonyl (C=O) groups is 1. The molecule has 2 aromatic rings. The fourth-order valence-corrected chi connectivity index (χ4v) is 3.42. The Bertz CT molecular complexity index is 662. The Morgan fingerprint density at radius 2 is 1.84 bits per heavy atom. The topological polar surface area (TPSA) is 75.4 Å². The van der Waals surface area contributed by atoms with Crippen molar-refractivity contribution in [3.05, 3.63) is 41.7 Å². The van der Waals surface area contributed by atoms with Gasteiger partial charge in [0.15, 0.2) is 0 Å². The number of rotatable bonds is 4. The van der Waals surface area contributed by atoms with Crippen molar-refractivity contribution in [1.82, 2.24) is 14.3 Å². The molecule has 0 aliphatic carbocycles. The van der Waals surface area contributed by atoms with E-state index < -0.39 is 0 Å². The lowest BCUT2D eigenvalue weighted by atomic mass is 10.0. The highest BCUT2D eigenvalue weighted by molar-refractivity contribution is 7.09. The average Bonchev–Trinajstić information content (AvgIpc) is 3.02. The molecule has 138 valence electrons. The predicted octanol–water partition coefficient (Wildman–Crippen LogP) is 2.43. The summed E-state index contributed by atoms with van der Waals surface area (Å²) in [6, 6.07) is 9.53. The zero-order chi connectivity index (χ0) is 16.2. The van der Waals surface area contributed by atoms with Crippen LogP contribution < -0.4 is 10.6 Å². The van der Waals surface area contributed by atoms with E-state index in [1.807, 2.05) is 42.2 Å². The average molecular weight is 404 g/mol. The molecule has 3 rings (SSSR count). The molecule has 1 saturated heterocycles. The Morgan fingerprint density at radius 1 is 1.20 bits per heavy atom. The summed E-state index contributed by atoms with van der Waals surface area (Å²) in [5.74, 6) is 0.923. The molecule has 0 saturated carbocycles. The summed E-state index contributed by atoms with van der Waals surface area (Å²) >= 11 is 1.41. The van der Waals surface area contributed by atoms with Gasteiger partial charge in [-0.25, -0.2) is 4.98 Å². The second-order valence-electron chi connectivity index (χ2n) is 5.71. The van der Waals surface area contributed by atoms with Gasteiger partial charge in [-0.1, -0.05) is 30.3 Å². The van der Waals surface area contributed by atoms with Crippen molar-refractivity contribution < 1.29 is 4.79 Å². The normalized spacial score (nSPS) is 15.1. The van der Waals surface area contributed by atoms with Gasteiger partial charge < -0.3 is 15.5 Å². The van der Waals surface area contributed by atoms with Gasteiger partial charge in [0.25, 0.3) is 0 Å². The first-order valence-electron chi connectivity index (χ1n) is 7.77. The zero-order valence-electron chi connectivity index (χ0n) is 14.0. The van der Waals surface area contributed by atoms with Crippen LogP contribution in [0.3, 0.4) is 0 Å². The van der Waals surface area contributed by atoms with Gasteiger partial charge in [-0.3, -0.25) is 4.79 Å². The summed E-state index contributed by atoms with van der Waals surface area (Å²) in [7, 11) is 0. The van der Waals surface area contributed by atoms with Gasteiger partial charge in [-0.15, -0.1) is 24.8 Å². The number of piperazine rings is 1. The number of benzene rings is 1. The number of hydrogen-bond donors (Lipinski definition) is 1. The van der Waals surface area contributed by atoms with Crippen molar-refractivity contribution in [1.29, 1.82) is 0 Å². The maximum atomic E-state index is 12.4. The smallest absolute Gasteiger partial charge is 0.224 e. The van der Waals surface area contributed by atoms with E-state index in [1.54, 1.807) is 0 Å². The zero-order valence-corrected chi connectivity index (χ0v) is 16.4. The monoisotopic (exact) mass is 403 g/mol. The maximum absolute atomic E-state index is 12.4. The van der Waals surface area contributed by atoms with Crippen LogP contribution in [0.4, 0.5) is 5.13 Å². The van der Waals surface area contributed by atoms with E-state index >= 15 is 0 Å². The summed E-state index contributed by atoms with van der Waals surface area (Å²) in [5, 5.41) is 0.940. The molecule has 1 aromatic carbocycles. The van der Waals surface area contributed by atoms with Gasteiger partial charge in [-0.2, -0.15) is 4.37 Å². The van der Waals surface area contributed by atoms with Crippen LogP contribution in [-0.4, -0.2) is 46.3 Å². The molecule has 0 bridgehead atoms. The summed E-state index contributed by atoms with van der Waals surface area (Å²) < 4.78 is 4.21. The number of aryl methyl sites for hydroxylation is 1. The Morgan fingerprint density at radius 3 is 2.40 bits per heavy atom. The number of hydrogen-bond acceptors (Lipinski definition) is 6. The largest absolute Gasteiger partial charge is 0.343 e. The van der Waals surface area contributed by atoms with Crippen LogP contribution in [0.1, 0.15) is 23.9 Å². The van der Waals surface area contributed by atoms with Crippen molar-refractivity contribution in [3.8, 4) is 0 Å². The van der Waals surface area contributed by atoms with Crippen LogP contribution >= 0.6 is 36.3 Å². The highest BCUT2D eigenvalue weighted by Gasteiger charge is 2.24. The van der Waals surface area contributed by atoms with E-state index in [0.29, 0.717) is 19.5 Å². The minimum Gasteiger partial charge on any atom is -0.343 e. The van der Waals surface area contributed by atoms with E-state index in [9.17, 15) is 4.79 Å². The number of nitrogens with zero attached hydrogens (tertiary/aromatic N) is 4. The van der Waals surface area contributed by atoms with Crippen LogP contribution in [0.5, 0.6) is 0 Å². The van der Waals surface area contributed by atoms with Crippen LogP contribution in [0.25, 0.3) is 0 Å². The van der Waals surface area contributed by atoms with E-state index in [-0.39, 0.29) is 36.8 Å². The van der Waals surface area contributed by atoms with E-state index in [4.69, 9.17) is 5.73 Å². The third-order valence-corrected chi connectivity index (χ3v) is 4.91. The second kappa shape index (κ2) is 9.91. The molecular formula is C16H23Cl2N5OS. The molecule has 1 amide bonds. The Hall–Kier alpha value is -1.41. The van der Waals surface area contributed by atoms with Gasteiger partial charge in [0, 0.05) is 50.2 Å². The van der Waals surface area contributed by atoms with E-state index in [0.717, 1.165) is 29.6 Å². The molecule has 1 aliphatic heterocycles. The number of halogens is 2. The molecule has 6 nitrogen and oxygen atoms in total. The van der Waals surface area contributed by atoms with E-state index in [2.05, 4.69) is 14.3 Å².